The van der Waals surface area contributed by atoms with Crippen LogP contribution < -0.4 is 4.74 Å². The first-order valence-electron chi connectivity index (χ1n) is 8.10. The SMILES string of the molecule is CCCCCCOc1ccc(N=Nc2ccc(C#N)cc2)c(O)c1. The van der Waals surface area contributed by atoms with Crippen LogP contribution in [0.1, 0.15) is 38.2 Å². The highest BCUT2D eigenvalue weighted by molar-refractivity contribution is 5.54. The second-order valence-electron chi connectivity index (χ2n) is 5.42. The number of hydrogen-bond acceptors (Lipinski definition) is 5. The number of aromatic hydroxyl groups is 1. The smallest absolute Gasteiger partial charge is 0.146 e. The van der Waals surface area contributed by atoms with Crippen LogP contribution >= 0.6 is 0 Å². The van der Waals surface area contributed by atoms with Gasteiger partial charge in [-0.05, 0) is 42.8 Å². The largest absolute Gasteiger partial charge is 0.505 e. The van der Waals surface area contributed by atoms with Crippen LogP contribution in [0.15, 0.2) is 52.7 Å². The number of nitriles is 1. The van der Waals surface area contributed by atoms with Crippen molar-refractivity contribution >= 4 is 11.4 Å². The molecular formula is C19H21N3O2. The molecule has 24 heavy (non-hydrogen) atoms. The van der Waals surface area contributed by atoms with Crippen molar-refractivity contribution in [2.45, 2.75) is 32.6 Å². The number of phenols is 1. The maximum absolute atomic E-state index is 10.0. The average Bonchev–Trinajstić information content (AvgIpc) is 2.61. The van der Waals surface area contributed by atoms with Crippen molar-refractivity contribution in [2.75, 3.05) is 6.61 Å². The second kappa shape index (κ2) is 9.31. The Morgan fingerprint density at radius 3 is 2.50 bits per heavy atom. The number of ether oxygens (including phenoxy) is 1. The highest BCUT2D eigenvalue weighted by Crippen LogP contribution is 2.31. The zero-order valence-electron chi connectivity index (χ0n) is 13.8. The lowest BCUT2D eigenvalue weighted by Crippen LogP contribution is -1.96. The molecule has 2 aromatic rings. The van der Waals surface area contributed by atoms with Crippen molar-refractivity contribution < 1.29 is 9.84 Å². The first-order valence-corrected chi connectivity index (χ1v) is 8.10. The molecule has 0 aliphatic carbocycles. The number of azo groups is 1. The molecule has 1 N–H and O–H groups in total. The molecule has 5 nitrogen and oxygen atoms in total. The highest BCUT2D eigenvalue weighted by Gasteiger charge is 2.03. The van der Waals surface area contributed by atoms with Crippen LogP contribution in [0, 0.1) is 11.3 Å². The van der Waals surface area contributed by atoms with Crippen molar-refractivity contribution in [2.24, 2.45) is 10.2 Å². The first kappa shape index (κ1) is 17.5. The minimum atomic E-state index is 0.0263. The molecule has 2 aromatic carbocycles. The van der Waals surface area contributed by atoms with E-state index in [-0.39, 0.29) is 5.75 Å². The fraction of sp³-hybridized carbons (Fsp3) is 0.316. The highest BCUT2D eigenvalue weighted by atomic mass is 16.5. The third-order valence-corrected chi connectivity index (χ3v) is 3.48. The number of hydrogen-bond donors (Lipinski definition) is 1. The Morgan fingerprint density at radius 1 is 1.04 bits per heavy atom. The van der Waals surface area contributed by atoms with E-state index in [0.717, 1.165) is 12.8 Å². The van der Waals surface area contributed by atoms with Gasteiger partial charge >= 0.3 is 0 Å². The zero-order valence-corrected chi connectivity index (χ0v) is 13.8. The summed E-state index contributed by atoms with van der Waals surface area (Å²) in [5, 5.41) is 26.9. The third-order valence-electron chi connectivity index (χ3n) is 3.48. The van der Waals surface area contributed by atoms with Crippen molar-refractivity contribution in [1.29, 1.82) is 5.26 Å². The van der Waals surface area contributed by atoms with E-state index in [1.54, 1.807) is 42.5 Å². The summed E-state index contributed by atoms with van der Waals surface area (Å²) >= 11 is 0. The Morgan fingerprint density at radius 2 is 1.83 bits per heavy atom. The third kappa shape index (κ3) is 5.40. The Labute approximate surface area is 142 Å². The summed E-state index contributed by atoms with van der Waals surface area (Å²) in [6.45, 7) is 2.82. The van der Waals surface area contributed by atoms with Gasteiger partial charge in [0.2, 0.25) is 0 Å². The summed E-state index contributed by atoms with van der Waals surface area (Å²) in [5.41, 5.74) is 1.56. The predicted octanol–water partition coefficient (Wildman–Crippen LogP) is 5.64. The number of nitrogens with zero attached hydrogens (tertiary/aromatic N) is 3. The van der Waals surface area contributed by atoms with E-state index in [1.807, 2.05) is 6.07 Å². The molecule has 0 bridgehead atoms. The molecule has 124 valence electrons. The van der Waals surface area contributed by atoms with Crippen LogP contribution in [0.3, 0.4) is 0 Å². The van der Waals surface area contributed by atoms with Crippen LogP contribution in [0.4, 0.5) is 11.4 Å². The molecule has 0 aliphatic rings. The van der Waals surface area contributed by atoms with Crippen molar-refractivity contribution in [3.05, 3.63) is 48.0 Å². The van der Waals surface area contributed by atoms with Crippen molar-refractivity contribution in [3.63, 3.8) is 0 Å². The molecule has 0 heterocycles. The molecule has 0 saturated carbocycles. The molecule has 2 rings (SSSR count). The fourth-order valence-electron chi connectivity index (χ4n) is 2.11. The fourth-order valence-corrected chi connectivity index (χ4v) is 2.11. The van der Waals surface area contributed by atoms with Gasteiger partial charge < -0.3 is 9.84 Å². The van der Waals surface area contributed by atoms with Crippen LogP contribution in [-0.2, 0) is 0 Å². The lowest BCUT2D eigenvalue weighted by atomic mass is 10.2. The van der Waals surface area contributed by atoms with Gasteiger partial charge in [0.1, 0.15) is 17.2 Å². The summed E-state index contributed by atoms with van der Waals surface area (Å²) in [6.07, 6.45) is 4.57. The summed E-state index contributed by atoms with van der Waals surface area (Å²) in [4.78, 5) is 0. The van der Waals surface area contributed by atoms with E-state index < -0.39 is 0 Å². The lowest BCUT2D eigenvalue weighted by Gasteiger charge is -2.07. The van der Waals surface area contributed by atoms with Gasteiger partial charge in [-0.3, -0.25) is 0 Å². The minimum Gasteiger partial charge on any atom is -0.505 e. The molecular weight excluding hydrogens is 302 g/mol. The van der Waals surface area contributed by atoms with E-state index in [4.69, 9.17) is 10.00 Å². The van der Waals surface area contributed by atoms with E-state index >= 15 is 0 Å². The summed E-state index contributed by atoms with van der Waals surface area (Å²) in [7, 11) is 0. The molecule has 0 amide bonds. The standard InChI is InChI=1S/C19H21N3O2/c1-2-3-4-5-12-24-17-10-11-18(19(23)13-17)22-21-16-8-6-15(14-20)7-9-16/h6-11,13,23H,2-5,12H2,1H3. The Bertz CT molecular complexity index is 718. The van der Waals surface area contributed by atoms with Crippen molar-refractivity contribution in [3.8, 4) is 17.6 Å². The summed E-state index contributed by atoms with van der Waals surface area (Å²) in [6, 6.07) is 13.8. The number of unbranched alkanes of at least 4 members (excludes halogenated alkanes) is 3. The van der Waals surface area contributed by atoms with E-state index in [0.29, 0.717) is 29.3 Å². The summed E-state index contributed by atoms with van der Waals surface area (Å²) < 4.78 is 5.61. The van der Waals surface area contributed by atoms with Gasteiger partial charge in [-0.15, -0.1) is 5.11 Å². The monoisotopic (exact) mass is 323 g/mol. The molecule has 0 fully saturated rings. The van der Waals surface area contributed by atoms with Crippen LogP contribution in [0.5, 0.6) is 11.5 Å². The van der Waals surface area contributed by atoms with E-state index in [2.05, 4.69) is 17.2 Å². The number of phenolic OH excluding ortho intramolecular Hbond substituents is 1. The molecule has 0 radical (unpaired) electrons. The van der Waals surface area contributed by atoms with Crippen LogP contribution in [0.2, 0.25) is 0 Å². The Balaban J connectivity index is 1.93. The Hall–Kier alpha value is -2.87. The molecule has 5 heteroatoms. The van der Waals surface area contributed by atoms with Gasteiger partial charge in [-0.2, -0.15) is 10.4 Å². The number of rotatable bonds is 8. The lowest BCUT2D eigenvalue weighted by molar-refractivity contribution is 0.303. The molecule has 0 spiro atoms. The van der Waals surface area contributed by atoms with E-state index in [1.165, 1.54) is 12.8 Å². The van der Waals surface area contributed by atoms with Gasteiger partial charge in [0, 0.05) is 6.07 Å². The Kier molecular flexibility index (Phi) is 6.78. The van der Waals surface area contributed by atoms with Gasteiger partial charge in [0.25, 0.3) is 0 Å². The molecule has 0 atom stereocenters. The van der Waals surface area contributed by atoms with Gasteiger partial charge in [0.15, 0.2) is 0 Å². The topological polar surface area (TPSA) is 78.0 Å². The molecule has 0 unspecified atom stereocenters. The molecule has 0 aliphatic heterocycles. The van der Waals surface area contributed by atoms with E-state index in [9.17, 15) is 5.11 Å². The average molecular weight is 323 g/mol. The number of benzene rings is 2. The van der Waals surface area contributed by atoms with Crippen LogP contribution in [-0.4, -0.2) is 11.7 Å². The maximum Gasteiger partial charge on any atom is 0.146 e. The molecule has 0 saturated heterocycles. The molecule has 0 aromatic heterocycles. The van der Waals surface area contributed by atoms with Crippen LogP contribution in [0.25, 0.3) is 0 Å². The predicted molar refractivity (Wildman–Crippen MR) is 93.1 cm³/mol. The summed E-state index contributed by atoms with van der Waals surface area (Å²) in [5.74, 6) is 0.653. The van der Waals surface area contributed by atoms with Gasteiger partial charge in [-0.1, -0.05) is 26.2 Å². The van der Waals surface area contributed by atoms with Gasteiger partial charge in [-0.25, -0.2) is 0 Å². The normalized spacial score (nSPS) is 10.7. The minimum absolute atomic E-state index is 0.0263. The quantitative estimate of drug-likeness (QED) is 0.504. The van der Waals surface area contributed by atoms with Gasteiger partial charge in [0.05, 0.1) is 23.9 Å². The zero-order chi connectivity index (χ0) is 17.2. The maximum atomic E-state index is 10.0. The second-order valence-corrected chi connectivity index (χ2v) is 5.42. The first-order chi connectivity index (χ1) is 11.7. The van der Waals surface area contributed by atoms with Crippen molar-refractivity contribution in [1.82, 2.24) is 0 Å².